The van der Waals surface area contributed by atoms with Crippen molar-refractivity contribution in [3.8, 4) is 0 Å². The predicted octanol–water partition coefficient (Wildman–Crippen LogP) is 4.72. The van der Waals surface area contributed by atoms with Crippen molar-refractivity contribution in [3.63, 3.8) is 0 Å². The fourth-order valence-electron chi connectivity index (χ4n) is 2.84. The quantitative estimate of drug-likeness (QED) is 0.454. The third-order valence-electron chi connectivity index (χ3n) is 4.34. The Balaban J connectivity index is 2.03. The van der Waals surface area contributed by atoms with Gasteiger partial charge in [0.25, 0.3) is 15.7 Å². The second-order valence-corrected chi connectivity index (χ2v) is 8.56. The number of anilines is 1. The molecule has 0 unspecified atom stereocenters. The van der Waals surface area contributed by atoms with Crippen LogP contribution in [-0.4, -0.2) is 26.0 Å². The number of hydrogen-bond donors (Lipinski definition) is 1. The molecule has 0 aliphatic rings. The number of rotatable bonds is 6. The number of hydrogen-bond acceptors (Lipinski definition) is 4. The van der Waals surface area contributed by atoms with Crippen LogP contribution in [0.15, 0.2) is 71.6 Å². The van der Waals surface area contributed by atoms with Crippen molar-refractivity contribution < 1.29 is 18.0 Å². The van der Waals surface area contributed by atoms with E-state index in [2.05, 4.69) is 4.72 Å². The fraction of sp³-hybridized carbons (Fsp3) is 0.0952. The summed E-state index contributed by atoms with van der Waals surface area (Å²) >= 11 is 6.04. The van der Waals surface area contributed by atoms with Gasteiger partial charge in [0, 0.05) is 37.4 Å². The molecular formula is C21H18ClN2O4S+. The molecule has 0 radical (unpaired) electrons. The third-order valence-corrected chi connectivity index (χ3v) is 5.93. The van der Waals surface area contributed by atoms with Crippen molar-refractivity contribution in [2.24, 2.45) is 0 Å². The average molecular weight is 430 g/mol. The van der Waals surface area contributed by atoms with Gasteiger partial charge in [0.05, 0.1) is 10.6 Å². The zero-order valence-electron chi connectivity index (χ0n) is 15.7. The maximum absolute atomic E-state index is 12.9. The molecule has 1 N–H and O–H groups in total. The van der Waals surface area contributed by atoms with Crippen LogP contribution in [0, 0.1) is 11.8 Å². The monoisotopic (exact) mass is 429 g/mol. The maximum Gasteiger partial charge on any atom is 0.262 e. The van der Waals surface area contributed by atoms with Crippen molar-refractivity contribution in [2.75, 3.05) is 11.8 Å². The van der Waals surface area contributed by atoms with Gasteiger partial charge in [0.15, 0.2) is 12.8 Å². The molecule has 148 valence electrons. The number of carbonyl (C=O) groups is 1. The molecule has 0 amide bonds. The number of sulfonamides is 1. The first-order chi connectivity index (χ1) is 13.7. The van der Waals surface area contributed by atoms with Gasteiger partial charge in [-0.3, -0.25) is 9.52 Å². The lowest BCUT2D eigenvalue weighted by atomic mass is 10.0. The SMILES string of the molecule is Cc1ccc(S(=O)(=O)Nc2ccc(Cl)cc2C(=O)c2ccccc2)cc1[N+](C)=O. The molecule has 0 bridgehead atoms. The van der Waals surface area contributed by atoms with Crippen LogP contribution in [0.1, 0.15) is 21.5 Å². The van der Waals surface area contributed by atoms with Crippen LogP contribution in [0.3, 0.4) is 0 Å². The second kappa shape index (κ2) is 8.14. The molecule has 3 rings (SSSR count). The van der Waals surface area contributed by atoms with E-state index in [1.807, 2.05) is 0 Å². The molecule has 0 spiro atoms. The maximum atomic E-state index is 12.9. The van der Waals surface area contributed by atoms with Gasteiger partial charge in [-0.1, -0.05) is 48.0 Å². The van der Waals surface area contributed by atoms with Crippen LogP contribution in [0.4, 0.5) is 11.4 Å². The minimum atomic E-state index is -4.05. The Hall–Kier alpha value is -3.03. The van der Waals surface area contributed by atoms with E-state index in [9.17, 15) is 18.1 Å². The van der Waals surface area contributed by atoms with E-state index in [1.165, 1.54) is 37.4 Å². The molecule has 0 heterocycles. The van der Waals surface area contributed by atoms with Gasteiger partial charge in [-0.15, -0.1) is 0 Å². The van der Waals surface area contributed by atoms with E-state index in [1.54, 1.807) is 43.3 Å². The summed E-state index contributed by atoms with van der Waals surface area (Å²) in [6.45, 7) is 1.71. The zero-order valence-corrected chi connectivity index (χ0v) is 17.3. The lowest BCUT2D eigenvalue weighted by molar-refractivity contribution is -0.429. The molecule has 0 aliphatic carbocycles. The largest absolute Gasteiger partial charge is 0.289 e. The Bertz CT molecular complexity index is 1210. The average Bonchev–Trinajstić information content (AvgIpc) is 2.69. The van der Waals surface area contributed by atoms with E-state index in [0.29, 0.717) is 20.9 Å². The molecule has 8 heteroatoms. The fourth-order valence-corrected chi connectivity index (χ4v) is 4.11. The number of ketones is 1. The summed E-state index contributed by atoms with van der Waals surface area (Å²) in [5.41, 5.74) is 1.51. The molecule has 3 aromatic rings. The summed E-state index contributed by atoms with van der Waals surface area (Å²) in [5.74, 6) is -0.366. The number of nitrogens with one attached hydrogen (secondary N) is 1. The third kappa shape index (κ3) is 4.52. The highest BCUT2D eigenvalue weighted by Gasteiger charge is 2.23. The van der Waals surface area contributed by atoms with Gasteiger partial charge in [0.1, 0.15) is 0 Å². The van der Waals surface area contributed by atoms with Crippen LogP contribution in [-0.2, 0) is 10.0 Å². The highest BCUT2D eigenvalue weighted by Crippen LogP contribution is 2.28. The van der Waals surface area contributed by atoms with Gasteiger partial charge in [-0.05, 0) is 31.2 Å². The summed E-state index contributed by atoms with van der Waals surface area (Å²) in [6.07, 6.45) is 0. The Morgan fingerprint density at radius 3 is 2.34 bits per heavy atom. The molecular weight excluding hydrogens is 412 g/mol. The van der Waals surface area contributed by atoms with Crippen LogP contribution in [0.2, 0.25) is 5.02 Å². The van der Waals surface area contributed by atoms with Gasteiger partial charge >= 0.3 is 0 Å². The predicted molar refractivity (Wildman–Crippen MR) is 113 cm³/mol. The Kier molecular flexibility index (Phi) is 5.81. The minimum absolute atomic E-state index is 0.0890. The standard InChI is InChI=1S/C21H17ClN2O4S/c1-14-8-10-17(13-20(14)24(2)26)29(27,28)23-19-11-9-16(22)12-18(19)21(25)15-6-4-3-5-7-15/h3-13H,1-2H3/p+1. The smallest absolute Gasteiger partial charge is 0.262 e. The van der Waals surface area contributed by atoms with Crippen LogP contribution in [0.25, 0.3) is 0 Å². The van der Waals surface area contributed by atoms with Gasteiger partial charge < -0.3 is 0 Å². The number of benzene rings is 3. The lowest BCUT2D eigenvalue weighted by Crippen LogP contribution is -2.16. The number of nitrogens with zero attached hydrogens (tertiary/aromatic N) is 1. The second-order valence-electron chi connectivity index (χ2n) is 6.44. The molecule has 6 nitrogen and oxygen atoms in total. The zero-order chi connectivity index (χ0) is 21.2. The number of nitroso groups, excluding NO2 is 1. The Morgan fingerprint density at radius 1 is 1.00 bits per heavy atom. The van der Waals surface area contributed by atoms with E-state index >= 15 is 0 Å². The highest BCUT2D eigenvalue weighted by atomic mass is 35.5. The molecule has 0 fully saturated rings. The minimum Gasteiger partial charge on any atom is -0.289 e. The molecule has 0 atom stereocenters. The van der Waals surface area contributed by atoms with Crippen molar-refractivity contribution in [1.82, 2.24) is 0 Å². The van der Waals surface area contributed by atoms with E-state index < -0.39 is 10.0 Å². The van der Waals surface area contributed by atoms with Gasteiger partial charge in [-0.2, -0.15) is 0 Å². The van der Waals surface area contributed by atoms with Crippen molar-refractivity contribution in [2.45, 2.75) is 11.8 Å². The number of halogens is 1. The van der Waals surface area contributed by atoms with Crippen LogP contribution >= 0.6 is 11.6 Å². The van der Waals surface area contributed by atoms with Gasteiger partial charge in [0.2, 0.25) is 0 Å². The Labute approximate surface area is 173 Å². The summed E-state index contributed by atoms with van der Waals surface area (Å²) in [4.78, 5) is 24.5. The van der Waals surface area contributed by atoms with Crippen LogP contribution in [0.5, 0.6) is 0 Å². The normalized spacial score (nSPS) is 11.1. The first-order valence-corrected chi connectivity index (χ1v) is 10.5. The van der Waals surface area contributed by atoms with E-state index in [4.69, 9.17) is 11.6 Å². The number of aryl methyl sites for hydroxylation is 1. The molecule has 0 aromatic heterocycles. The molecule has 29 heavy (non-hydrogen) atoms. The highest BCUT2D eigenvalue weighted by molar-refractivity contribution is 7.92. The van der Waals surface area contributed by atoms with Crippen molar-refractivity contribution in [1.29, 1.82) is 0 Å². The Morgan fingerprint density at radius 2 is 1.69 bits per heavy atom. The van der Waals surface area contributed by atoms with E-state index in [0.717, 1.165) is 0 Å². The molecule has 0 aliphatic heterocycles. The molecule has 0 saturated heterocycles. The summed E-state index contributed by atoms with van der Waals surface area (Å²) in [6, 6.07) is 17.1. The lowest BCUT2D eigenvalue weighted by Gasteiger charge is -2.13. The summed E-state index contributed by atoms with van der Waals surface area (Å²) in [5, 5.41) is 0.304. The van der Waals surface area contributed by atoms with Gasteiger partial charge in [-0.25, -0.2) is 8.42 Å². The van der Waals surface area contributed by atoms with Crippen LogP contribution < -0.4 is 4.72 Å². The first-order valence-electron chi connectivity index (χ1n) is 8.62. The first kappa shape index (κ1) is 20.7. The van der Waals surface area contributed by atoms with Crippen molar-refractivity contribution in [3.05, 3.63) is 93.4 Å². The number of carbonyl (C=O) groups excluding carboxylic acids is 1. The topological polar surface area (TPSA) is 83.3 Å². The summed E-state index contributed by atoms with van der Waals surface area (Å²) < 4.78 is 28.9. The van der Waals surface area contributed by atoms with E-state index in [-0.39, 0.29) is 27.6 Å². The van der Waals surface area contributed by atoms with Crippen molar-refractivity contribution >= 4 is 38.8 Å². The molecule has 3 aromatic carbocycles. The molecule has 0 saturated carbocycles. The summed E-state index contributed by atoms with van der Waals surface area (Å²) in [7, 11) is -2.75.